The molecule has 0 aliphatic carbocycles. The molecule has 0 bridgehead atoms. The van der Waals surface area contributed by atoms with Crippen LogP contribution in [0.4, 0.5) is 30.4 Å². The summed E-state index contributed by atoms with van der Waals surface area (Å²) in [5.74, 6) is -1.90. The summed E-state index contributed by atoms with van der Waals surface area (Å²) >= 11 is 0. The van der Waals surface area contributed by atoms with Crippen LogP contribution >= 0.6 is 0 Å². The summed E-state index contributed by atoms with van der Waals surface area (Å²) in [4.78, 5) is 25.5. The maximum atomic E-state index is 14.9. The number of carbonyl (C=O) groups excluding carboxylic acids is 1. The van der Waals surface area contributed by atoms with E-state index in [1.54, 1.807) is 18.2 Å². The molecular formula is C30H28F3N5O5S. The van der Waals surface area contributed by atoms with Gasteiger partial charge in [-0.05, 0) is 93.5 Å². The van der Waals surface area contributed by atoms with Crippen LogP contribution in [0.25, 0.3) is 11.3 Å². The summed E-state index contributed by atoms with van der Waals surface area (Å²) in [5, 5.41) is 3.03. The van der Waals surface area contributed by atoms with Gasteiger partial charge in [0.15, 0.2) is 11.6 Å². The van der Waals surface area contributed by atoms with Gasteiger partial charge in [0.1, 0.15) is 28.7 Å². The molecule has 1 aromatic heterocycles. The van der Waals surface area contributed by atoms with Crippen LogP contribution in [0.15, 0.2) is 78.0 Å². The van der Waals surface area contributed by atoms with Crippen LogP contribution < -0.4 is 14.5 Å². The zero-order valence-corrected chi connectivity index (χ0v) is 24.3. The van der Waals surface area contributed by atoms with E-state index in [1.807, 2.05) is 0 Å². The fourth-order valence-electron chi connectivity index (χ4n) is 4.68. The maximum Gasteiger partial charge on any atom is 0.322 e. The van der Waals surface area contributed by atoms with Crippen molar-refractivity contribution in [3.05, 3.63) is 90.5 Å². The normalized spacial score (nSPS) is 14.2. The first kappa shape index (κ1) is 30.8. The zero-order valence-electron chi connectivity index (χ0n) is 23.5. The molecule has 230 valence electrons. The highest BCUT2D eigenvalue weighted by molar-refractivity contribution is 7.92. The summed E-state index contributed by atoms with van der Waals surface area (Å²) in [6.07, 6.45) is 3.32. The Hall–Kier alpha value is -4.69. The number of aromatic nitrogens is 2. The highest BCUT2D eigenvalue weighted by atomic mass is 32.2. The Morgan fingerprint density at radius 1 is 0.977 bits per heavy atom. The number of nitrogens with one attached hydrogen (secondary N) is 1. The predicted octanol–water partition coefficient (Wildman–Crippen LogP) is 5.31. The maximum absolute atomic E-state index is 14.9. The lowest BCUT2D eigenvalue weighted by molar-refractivity contribution is -0.128. The highest BCUT2D eigenvalue weighted by Gasteiger charge is 2.30. The molecule has 0 saturated carbocycles. The van der Waals surface area contributed by atoms with E-state index in [4.69, 9.17) is 4.74 Å². The summed E-state index contributed by atoms with van der Waals surface area (Å²) in [7, 11) is -2.65. The third kappa shape index (κ3) is 7.09. The molecule has 1 saturated heterocycles. The summed E-state index contributed by atoms with van der Waals surface area (Å²) in [5.41, 5.74) is 1.27. The average molecular weight is 628 g/mol. The first-order valence-electron chi connectivity index (χ1n) is 13.6. The van der Waals surface area contributed by atoms with E-state index in [9.17, 15) is 26.4 Å². The van der Waals surface area contributed by atoms with Gasteiger partial charge in [0.2, 0.25) is 0 Å². The topological polar surface area (TPSA) is 114 Å². The van der Waals surface area contributed by atoms with E-state index in [0.717, 1.165) is 38.1 Å². The van der Waals surface area contributed by atoms with Crippen LogP contribution in [0.2, 0.25) is 0 Å². The second-order valence-electron chi connectivity index (χ2n) is 10.2. The Bertz CT molecular complexity index is 1740. The fourth-order valence-corrected chi connectivity index (χ4v) is 5.95. The summed E-state index contributed by atoms with van der Waals surface area (Å²) < 4.78 is 74.4. The number of sulfonamides is 1. The third-order valence-electron chi connectivity index (χ3n) is 7.09. The van der Waals surface area contributed by atoms with Crippen molar-refractivity contribution in [3.63, 3.8) is 0 Å². The van der Waals surface area contributed by atoms with Crippen molar-refractivity contribution in [1.29, 1.82) is 0 Å². The molecule has 10 nitrogen and oxygen atoms in total. The quantitative estimate of drug-likeness (QED) is 0.175. The molecule has 1 N–H and O–H groups in total. The molecule has 1 fully saturated rings. The number of anilines is 3. The number of piperidine rings is 1. The van der Waals surface area contributed by atoms with Gasteiger partial charge in [-0.15, -0.1) is 0 Å². The van der Waals surface area contributed by atoms with Crippen LogP contribution in [0.1, 0.15) is 12.8 Å². The van der Waals surface area contributed by atoms with Crippen LogP contribution in [0, 0.1) is 23.4 Å². The van der Waals surface area contributed by atoms with Crippen molar-refractivity contribution >= 4 is 33.7 Å². The molecule has 2 heterocycles. The molecule has 0 spiro atoms. The van der Waals surface area contributed by atoms with Gasteiger partial charge in [-0.3, -0.25) is 4.79 Å². The van der Waals surface area contributed by atoms with Gasteiger partial charge < -0.3 is 19.8 Å². The van der Waals surface area contributed by atoms with Crippen molar-refractivity contribution < 1.29 is 36.0 Å². The Balaban J connectivity index is 1.28. The van der Waals surface area contributed by atoms with Crippen molar-refractivity contribution in [2.75, 3.05) is 36.5 Å². The Kier molecular flexibility index (Phi) is 9.30. The number of ether oxygens (including phenoxy) is 1. The number of carbonyl (C=O) groups is 1. The van der Waals surface area contributed by atoms with Crippen molar-refractivity contribution in [1.82, 2.24) is 14.9 Å². The van der Waals surface area contributed by atoms with Gasteiger partial charge >= 0.3 is 6.47 Å². The SMILES string of the molecule is CN1CCC(COc2ccc(-c3cc(Nc4ccc(N(OC=O)S(=O)(=O)c5ccc(F)cc5F)cc4)ncn3)cc2F)CC1. The summed E-state index contributed by atoms with van der Waals surface area (Å²) in [6.45, 7) is 2.32. The second-order valence-corrected chi connectivity index (χ2v) is 11.9. The number of rotatable bonds is 11. The minimum atomic E-state index is -4.73. The lowest BCUT2D eigenvalue weighted by Crippen LogP contribution is -2.32. The predicted molar refractivity (Wildman–Crippen MR) is 156 cm³/mol. The zero-order chi connectivity index (χ0) is 31.3. The average Bonchev–Trinajstić information content (AvgIpc) is 3.00. The van der Waals surface area contributed by atoms with Gasteiger partial charge in [0.25, 0.3) is 10.0 Å². The van der Waals surface area contributed by atoms with E-state index in [2.05, 4.69) is 32.1 Å². The second kappa shape index (κ2) is 13.3. The largest absolute Gasteiger partial charge is 0.490 e. The van der Waals surface area contributed by atoms with E-state index in [1.165, 1.54) is 36.7 Å². The number of benzene rings is 3. The van der Waals surface area contributed by atoms with Crippen molar-refractivity contribution in [3.8, 4) is 17.0 Å². The van der Waals surface area contributed by atoms with E-state index < -0.39 is 32.4 Å². The van der Waals surface area contributed by atoms with Crippen LogP contribution in [-0.2, 0) is 19.7 Å². The van der Waals surface area contributed by atoms with Gasteiger partial charge in [0, 0.05) is 23.4 Å². The molecule has 0 radical (unpaired) electrons. The van der Waals surface area contributed by atoms with Gasteiger partial charge in [-0.1, -0.05) is 4.47 Å². The summed E-state index contributed by atoms with van der Waals surface area (Å²) in [6, 6.07) is 13.7. The van der Waals surface area contributed by atoms with Crippen LogP contribution in [0.5, 0.6) is 5.75 Å². The fraction of sp³-hybridized carbons (Fsp3) is 0.233. The minimum Gasteiger partial charge on any atom is -0.490 e. The molecule has 3 aromatic carbocycles. The molecule has 1 aliphatic rings. The molecule has 14 heteroatoms. The third-order valence-corrected chi connectivity index (χ3v) is 8.71. The van der Waals surface area contributed by atoms with Crippen molar-refractivity contribution in [2.24, 2.45) is 5.92 Å². The molecule has 5 rings (SSSR count). The number of hydrogen-bond donors (Lipinski definition) is 1. The van der Waals surface area contributed by atoms with Crippen LogP contribution in [0.3, 0.4) is 0 Å². The lowest BCUT2D eigenvalue weighted by atomic mass is 9.98. The number of hydrogen-bond acceptors (Lipinski definition) is 9. The van der Waals surface area contributed by atoms with Gasteiger partial charge in [-0.2, -0.15) is 8.42 Å². The molecule has 0 amide bonds. The smallest absolute Gasteiger partial charge is 0.322 e. The van der Waals surface area contributed by atoms with E-state index >= 15 is 0 Å². The Morgan fingerprint density at radius 2 is 1.73 bits per heavy atom. The van der Waals surface area contributed by atoms with Crippen molar-refractivity contribution in [2.45, 2.75) is 17.7 Å². The van der Waals surface area contributed by atoms with E-state index in [0.29, 0.717) is 41.4 Å². The Labute approximate surface area is 252 Å². The van der Waals surface area contributed by atoms with Gasteiger partial charge in [-0.25, -0.2) is 23.1 Å². The monoisotopic (exact) mass is 627 g/mol. The highest BCUT2D eigenvalue weighted by Crippen LogP contribution is 2.30. The standard InChI is InChI=1S/C30H28F3N5O5S/c1-37-12-10-20(11-13-37)17-42-28-8-2-21(14-25(28)32)27-16-30(35-18-34-27)36-23-4-6-24(7-5-23)38(43-19-39)44(40,41)29-9-3-22(31)15-26(29)33/h2-9,14-16,18-20H,10-13,17H2,1H3,(H,34,35,36). The number of nitrogens with zero attached hydrogens (tertiary/aromatic N) is 4. The minimum absolute atomic E-state index is 0.134. The van der Waals surface area contributed by atoms with Gasteiger partial charge in [0.05, 0.1) is 18.0 Å². The first-order chi connectivity index (χ1) is 21.1. The molecule has 44 heavy (non-hydrogen) atoms. The number of halogens is 3. The molecule has 0 atom stereocenters. The molecule has 4 aromatic rings. The van der Waals surface area contributed by atoms with Crippen LogP contribution in [-0.4, -0.2) is 56.5 Å². The number of likely N-dealkylation sites (tertiary alicyclic amines) is 1. The molecule has 0 unspecified atom stereocenters. The molecule has 1 aliphatic heterocycles. The van der Waals surface area contributed by atoms with E-state index in [-0.39, 0.29) is 22.4 Å². The first-order valence-corrected chi connectivity index (χ1v) is 15.0. The Morgan fingerprint density at radius 3 is 2.41 bits per heavy atom. The lowest BCUT2D eigenvalue weighted by Gasteiger charge is -2.28. The molecular weight excluding hydrogens is 599 g/mol.